The number of carbonyl (C=O) groups is 1. The number of thiophene rings is 1. The molecule has 3 rings (SSSR count). The van der Waals surface area contributed by atoms with Gasteiger partial charge in [0.1, 0.15) is 5.82 Å². The summed E-state index contributed by atoms with van der Waals surface area (Å²) in [6.45, 7) is 4.73. The molecule has 0 saturated heterocycles. The van der Waals surface area contributed by atoms with Crippen molar-refractivity contribution in [2.75, 3.05) is 6.54 Å². The third-order valence-electron chi connectivity index (χ3n) is 4.67. The Kier molecular flexibility index (Phi) is 3.47. The number of aromatic nitrogens is 3. The molecular weight excluding hydrogens is 300 g/mol. The first-order valence-electron chi connectivity index (χ1n) is 7.31. The first-order valence-corrected chi connectivity index (χ1v) is 8.19. The van der Waals surface area contributed by atoms with Crippen LogP contribution in [0.15, 0.2) is 22.3 Å². The topological polar surface area (TPSA) is 79.8 Å². The lowest BCUT2D eigenvalue weighted by atomic mass is 9.93. The number of carbonyl (C=O) groups excluding carboxylic acids is 1. The molecule has 2 heterocycles. The third kappa shape index (κ3) is 2.20. The molecule has 0 radical (unpaired) electrons. The maximum atomic E-state index is 12.7. The van der Waals surface area contributed by atoms with Crippen molar-refractivity contribution in [2.45, 2.75) is 32.1 Å². The first kappa shape index (κ1) is 15.0. The smallest absolute Gasteiger partial charge is 0.343 e. The number of aromatic amines is 1. The van der Waals surface area contributed by atoms with Gasteiger partial charge in [0.15, 0.2) is 0 Å². The van der Waals surface area contributed by atoms with Crippen LogP contribution in [-0.2, 0) is 23.7 Å². The van der Waals surface area contributed by atoms with E-state index in [-0.39, 0.29) is 17.0 Å². The van der Waals surface area contributed by atoms with Gasteiger partial charge in [-0.25, -0.2) is 9.89 Å². The van der Waals surface area contributed by atoms with E-state index in [1.54, 1.807) is 18.4 Å². The molecule has 118 valence electrons. The number of nitrogens with one attached hydrogen (secondary N) is 2. The van der Waals surface area contributed by atoms with Crippen molar-refractivity contribution < 1.29 is 4.79 Å². The Hall–Kier alpha value is -1.89. The van der Waals surface area contributed by atoms with E-state index in [2.05, 4.69) is 29.4 Å². The molecule has 6 nitrogen and oxygen atoms in total. The average Bonchev–Trinajstić information content (AvgIpc) is 2.87. The highest BCUT2D eigenvalue weighted by Gasteiger charge is 2.67. The van der Waals surface area contributed by atoms with E-state index in [0.29, 0.717) is 18.8 Å². The molecular formula is C15H20N4O2S. The van der Waals surface area contributed by atoms with Gasteiger partial charge in [0.25, 0.3) is 0 Å². The van der Waals surface area contributed by atoms with Crippen molar-refractivity contribution in [3.05, 3.63) is 38.7 Å². The lowest BCUT2D eigenvalue weighted by Gasteiger charge is -2.18. The van der Waals surface area contributed by atoms with E-state index in [0.717, 1.165) is 11.3 Å². The molecule has 1 atom stereocenters. The highest BCUT2D eigenvalue weighted by Crippen LogP contribution is 2.65. The Labute approximate surface area is 132 Å². The third-order valence-corrected chi connectivity index (χ3v) is 5.71. The normalized spacial score (nSPS) is 22.5. The molecule has 0 aliphatic heterocycles. The monoisotopic (exact) mass is 320 g/mol. The summed E-state index contributed by atoms with van der Waals surface area (Å²) in [5.41, 5.74) is -0.653. The van der Waals surface area contributed by atoms with Crippen LogP contribution in [0, 0.1) is 5.41 Å². The predicted octanol–water partition coefficient (Wildman–Crippen LogP) is 1.20. The van der Waals surface area contributed by atoms with E-state index in [4.69, 9.17) is 0 Å². The summed E-state index contributed by atoms with van der Waals surface area (Å²) < 4.78 is 1.46. The van der Waals surface area contributed by atoms with Crippen molar-refractivity contribution in [3.8, 4) is 0 Å². The number of nitrogens with zero attached hydrogens (tertiary/aromatic N) is 2. The molecule has 1 amide bonds. The predicted molar refractivity (Wildman–Crippen MR) is 84.9 cm³/mol. The Morgan fingerprint density at radius 1 is 1.55 bits per heavy atom. The Morgan fingerprint density at radius 3 is 2.77 bits per heavy atom. The van der Waals surface area contributed by atoms with Gasteiger partial charge in [0, 0.05) is 24.9 Å². The summed E-state index contributed by atoms with van der Waals surface area (Å²) >= 11 is 1.63. The summed E-state index contributed by atoms with van der Waals surface area (Å²) in [5, 5.41) is 11.4. The molecule has 2 aromatic rings. The number of hydrogen-bond acceptors (Lipinski definition) is 4. The van der Waals surface area contributed by atoms with Crippen LogP contribution < -0.4 is 11.0 Å². The van der Waals surface area contributed by atoms with Gasteiger partial charge in [-0.3, -0.25) is 9.36 Å². The molecule has 0 spiro atoms. The first-order chi connectivity index (χ1) is 10.4. The maximum Gasteiger partial charge on any atom is 0.343 e. The summed E-state index contributed by atoms with van der Waals surface area (Å²) in [6.07, 6.45) is 1.40. The van der Waals surface area contributed by atoms with Crippen LogP contribution in [0.1, 0.15) is 31.0 Å². The van der Waals surface area contributed by atoms with Crippen molar-refractivity contribution in [2.24, 2.45) is 12.5 Å². The number of H-pyrrole nitrogens is 1. The molecule has 0 bridgehead atoms. The zero-order valence-electron chi connectivity index (χ0n) is 13.0. The zero-order chi connectivity index (χ0) is 16.0. The summed E-state index contributed by atoms with van der Waals surface area (Å²) in [4.78, 5) is 25.2. The number of hydrogen-bond donors (Lipinski definition) is 2. The van der Waals surface area contributed by atoms with E-state index >= 15 is 0 Å². The molecule has 1 aliphatic rings. The Bertz CT molecular complexity index is 744. The maximum absolute atomic E-state index is 12.7. The van der Waals surface area contributed by atoms with Crippen molar-refractivity contribution in [3.63, 3.8) is 0 Å². The van der Waals surface area contributed by atoms with Gasteiger partial charge in [-0.05, 0) is 23.3 Å². The molecule has 0 aromatic carbocycles. The van der Waals surface area contributed by atoms with Gasteiger partial charge in [-0.1, -0.05) is 19.9 Å². The fraction of sp³-hybridized carbons (Fsp3) is 0.533. The van der Waals surface area contributed by atoms with Gasteiger partial charge >= 0.3 is 5.69 Å². The molecule has 1 aliphatic carbocycles. The van der Waals surface area contributed by atoms with Gasteiger partial charge in [-0.2, -0.15) is 5.10 Å². The minimum atomic E-state index is -0.404. The summed E-state index contributed by atoms with van der Waals surface area (Å²) in [5.74, 6) is 0.714. The van der Waals surface area contributed by atoms with Crippen molar-refractivity contribution >= 4 is 17.2 Å². The second-order valence-corrected chi connectivity index (χ2v) is 7.40. The van der Waals surface area contributed by atoms with E-state index < -0.39 is 5.41 Å². The molecule has 2 N–H and O–H groups in total. The average molecular weight is 320 g/mol. The minimum Gasteiger partial charge on any atom is -0.355 e. The van der Waals surface area contributed by atoms with Crippen LogP contribution >= 0.6 is 11.3 Å². The largest absolute Gasteiger partial charge is 0.355 e. The van der Waals surface area contributed by atoms with Gasteiger partial charge < -0.3 is 5.32 Å². The van der Waals surface area contributed by atoms with Crippen LogP contribution in [0.3, 0.4) is 0 Å². The number of amides is 1. The molecule has 22 heavy (non-hydrogen) atoms. The van der Waals surface area contributed by atoms with Crippen molar-refractivity contribution in [1.82, 2.24) is 20.1 Å². The van der Waals surface area contributed by atoms with E-state index in [1.807, 2.05) is 17.5 Å². The second-order valence-electron chi connectivity index (χ2n) is 6.45. The van der Waals surface area contributed by atoms with Crippen LogP contribution in [0.4, 0.5) is 0 Å². The summed E-state index contributed by atoms with van der Waals surface area (Å²) in [7, 11) is 1.67. The standard InChI is InChI=1S/C15H20N4O2S/c1-14(2)9-15(14,10-5-4-8-22-10)12(20)16-7-6-11-17-18-13(21)19(11)3/h4-5,8H,6-7,9H2,1-3H3,(H,16,20)(H,18,21)/t15-/m0/s1. The Balaban J connectivity index is 1.67. The Morgan fingerprint density at radius 2 is 2.27 bits per heavy atom. The highest BCUT2D eigenvalue weighted by molar-refractivity contribution is 7.10. The molecule has 1 saturated carbocycles. The van der Waals surface area contributed by atoms with E-state index in [9.17, 15) is 9.59 Å². The lowest BCUT2D eigenvalue weighted by Crippen LogP contribution is -2.38. The van der Waals surface area contributed by atoms with Crippen LogP contribution in [-0.4, -0.2) is 27.2 Å². The van der Waals surface area contributed by atoms with Gasteiger partial charge in [-0.15, -0.1) is 11.3 Å². The molecule has 1 fully saturated rings. The fourth-order valence-electron chi connectivity index (χ4n) is 3.10. The fourth-order valence-corrected chi connectivity index (χ4v) is 4.21. The van der Waals surface area contributed by atoms with Gasteiger partial charge in [0.2, 0.25) is 5.91 Å². The SMILES string of the molecule is Cn1c(CCNC(=O)[C@@]2(c3cccs3)CC2(C)C)n[nH]c1=O. The van der Waals surface area contributed by atoms with E-state index in [1.165, 1.54) is 4.57 Å². The van der Waals surface area contributed by atoms with Crippen LogP contribution in [0.2, 0.25) is 0 Å². The minimum absolute atomic E-state index is 0.0128. The number of rotatable bonds is 5. The lowest BCUT2D eigenvalue weighted by molar-refractivity contribution is -0.124. The molecule has 2 aromatic heterocycles. The van der Waals surface area contributed by atoms with Crippen molar-refractivity contribution in [1.29, 1.82) is 0 Å². The zero-order valence-corrected chi connectivity index (χ0v) is 13.8. The van der Waals surface area contributed by atoms with Crippen LogP contribution in [0.25, 0.3) is 0 Å². The summed E-state index contributed by atoms with van der Waals surface area (Å²) in [6, 6.07) is 4.03. The molecule has 0 unspecified atom stereocenters. The second kappa shape index (κ2) is 5.08. The quantitative estimate of drug-likeness (QED) is 0.868. The molecule has 7 heteroatoms. The van der Waals surface area contributed by atoms with Crippen LogP contribution in [0.5, 0.6) is 0 Å². The van der Waals surface area contributed by atoms with Gasteiger partial charge in [0.05, 0.1) is 5.41 Å². The highest BCUT2D eigenvalue weighted by atomic mass is 32.1.